The van der Waals surface area contributed by atoms with Crippen LogP contribution in [-0.4, -0.2) is 30.1 Å². The van der Waals surface area contributed by atoms with E-state index in [1.54, 1.807) is 0 Å². The molecule has 1 aromatic carbocycles. The summed E-state index contributed by atoms with van der Waals surface area (Å²) in [7, 11) is 0. The zero-order chi connectivity index (χ0) is 13.2. The van der Waals surface area contributed by atoms with Crippen LogP contribution in [0.2, 0.25) is 0 Å². The third-order valence-corrected chi connectivity index (χ3v) is 4.69. The van der Waals surface area contributed by atoms with Gasteiger partial charge in [-0.05, 0) is 30.2 Å². The first kappa shape index (κ1) is 13.1. The Bertz CT molecular complexity index is 397. The van der Waals surface area contributed by atoms with Gasteiger partial charge < -0.3 is 5.32 Å². The highest BCUT2D eigenvalue weighted by atomic mass is 15.2. The van der Waals surface area contributed by atoms with Crippen LogP contribution in [0.15, 0.2) is 30.3 Å². The standard InChI is InChI=1S/C17H26N2/c1-13(2)16-12-19(11-14-6-4-3-5-7-14)17(10-18-16)15-8-9-15/h3-7,13,15-18H,8-12H2,1-2H3. The van der Waals surface area contributed by atoms with Gasteiger partial charge in [-0.25, -0.2) is 0 Å². The Morgan fingerprint density at radius 1 is 1.21 bits per heavy atom. The maximum atomic E-state index is 3.76. The molecule has 19 heavy (non-hydrogen) atoms. The quantitative estimate of drug-likeness (QED) is 0.893. The molecule has 0 aromatic heterocycles. The van der Waals surface area contributed by atoms with Gasteiger partial charge in [-0.15, -0.1) is 0 Å². The van der Waals surface area contributed by atoms with Crippen LogP contribution in [0.25, 0.3) is 0 Å². The molecule has 104 valence electrons. The number of nitrogens with zero attached hydrogens (tertiary/aromatic N) is 1. The molecule has 2 fully saturated rings. The Morgan fingerprint density at radius 3 is 2.58 bits per heavy atom. The Labute approximate surface area is 117 Å². The molecule has 1 aliphatic carbocycles. The highest BCUT2D eigenvalue weighted by Crippen LogP contribution is 2.37. The first-order valence-corrected chi connectivity index (χ1v) is 7.75. The second-order valence-electron chi connectivity index (χ2n) is 6.58. The molecule has 1 N–H and O–H groups in total. The third kappa shape index (κ3) is 3.18. The van der Waals surface area contributed by atoms with Crippen LogP contribution in [0.1, 0.15) is 32.3 Å². The average Bonchev–Trinajstić information content (AvgIpc) is 3.24. The molecule has 0 spiro atoms. The van der Waals surface area contributed by atoms with Crippen molar-refractivity contribution in [2.75, 3.05) is 13.1 Å². The Morgan fingerprint density at radius 2 is 1.95 bits per heavy atom. The second kappa shape index (κ2) is 5.64. The minimum atomic E-state index is 0.652. The Hall–Kier alpha value is -0.860. The minimum Gasteiger partial charge on any atom is -0.311 e. The molecule has 1 saturated heterocycles. The summed E-state index contributed by atoms with van der Waals surface area (Å²) in [4.78, 5) is 2.73. The molecule has 0 amide bonds. The Kier molecular flexibility index (Phi) is 3.90. The van der Waals surface area contributed by atoms with E-state index in [2.05, 4.69) is 54.4 Å². The molecule has 1 heterocycles. The van der Waals surface area contributed by atoms with Crippen LogP contribution in [-0.2, 0) is 6.54 Å². The van der Waals surface area contributed by atoms with E-state index in [1.807, 2.05) is 0 Å². The highest BCUT2D eigenvalue weighted by Gasteiger charge is 2.39. The number of benzene rings is 1. The van der Waals surface area contributed by atoms with E-state index in [4.69, 9.17) is 0 Å². The van der Waals surface area contributed by atoms with Gasteiger partial charge in [0.05, 0.1) is 0 Å². The number of piperazine rings is 1. The Balaban J connectivity index is 1.70. The van der Waals surface area contributed by atoms with Gasteiger partial charge in [0, 0.05) is 31.7 Å². The largest absolute Gasteiger partial charge is 0.311 e. The van der Waals surface area contributed by atoms with E-state index in [1.165, 1.54) is 31.5 Å². The predicted octanol–water partition coefficient (Wildman–Crippen LogP) is 2.90. The van der Waals surface area contributed by atoms with E-state index in [0.29, 0.717) is 6.04 Å². The summed E-state index contributed by atoms with van der Waals surface area (Å²) in [6.07, 6.45) is 2.87. The minimum absolute atomic E-state index is 0.652. The molecule has 2 aliphatic rings. The zero-order valence-electron chi connectivity index (χ0n) is 12.2. The summed E-state index contributed by atoms with van der Waals surface area (Å²) < 4.78 is 0. The first-order valence-electron chi connectivity index (χ1n) is 7.75. The maximum absolute atomic E-state index is 3.76. The monoisotopic (exact) mass is 258 g/mol. The lowest BCUT2D eigenvalue weighted by Gasteiger charge is -2.42. The molecule has 2 heteroatoms. The van der Waals surface area contributed by atoms with Gasteiger partial charge in [-0.3, -0.25) is 4.90 Å². The molecular formula is C17H26N2. The van der Waals surface area contributed by atoms with E-state index < -0.39 is 0 Å². The van der Waals surface area contributed by atoms with Crippen molar-refractivity contribution >= 4 is 0 Å². The van der Waals surface area contributed by atoms with Gasteiger partial charge in [-0.2, -0.15) is 0 Å². The van der Waals surface area contributed by atoms with Crippen molar-refractivity contribution in [3.05, 3.63) is 35.9 Å². The molecule has 0 bridgehead atoms. The fourth-order valence-electron chi connectivity index (χ4n) is 3.25. The van der Waals surface area contributed by atoms with Crippen molar-refractivity contribution < 1.29 is 0 Å². The van der Waals surface area contributed by atoms with Crippen LogP contribution in [0.4, 0.5) is 0 Å². The summed E-state index contributed by atoms with van der Waals surface area (Å²) in [6, 6.07) is 12.4. The molecule has 1 aromatic rings. The second-order valence-corrected chi connectivity index (χ2v) is 6.58. The smallest absolute Gasteiger partial charge is 0.0253 e. The number of nitrogens with one attached hydrogen (secondary N) is 1. The van der Waals surface area contributed by atoms with Crippen LogP contribution >= 0.6 is 0 Å². The van der Waals surface area contributed by atoms with Crippen LogP contribution in [0.3, 0.4) is 0 Å². The molecule has 0 radical (unpaired) electrons. The summed E-state index contributed by atoms with van der Waals surface area (Å²) in [5.41, 5.74) is 1.46. The number of rotatable bonds is 4. The molecule has 2 unspecified atom stereocenters. The van der Waals surface area contributed by atoms with Gasteiger partial charge in [-0.1, -0.05) is 44.2 Å². The van der Waals surface area contributed by atoms with Crippen molar-refractivity contribution in [3.8, 4) is 0 Å². The average molecular weight is 258 g/mol. The molecule has 1 aliphatic heterocycles. The van der Waals surface area contributed by atoms with Crippen LogP contribution < -0.4 is 5.32 Å². The van der Waals surface area contributed by atoms with Crippen molar-refractivity contribution in [1.29, 1.82) is 0 Å². The predicted molar refractivity (Wildman–Crippen MR) is 80.0 cm³/mol. The fourth-order valence-corrected chi connectivity index (χ4v) is 3.25. The van der Waals surface area contributed by atoms with Crippen molar-refractivity contribution in [3.63, 3.8) is 0 Å². The van der Waals surface area contributed by atoms with Crippen LogP contribution in [0, 0.1) is 11.8 Å². The third-order valence-electron chi connectivity index (χ3n) is 4.69. The van der Waals surface area contributed by atoms with E-state index in [0.717, 1.165) is 24.4 Å². The summed E-state index contributed by atoms with van der Waals surface area (Å²) in [5, 5.41) is 3.76. The number of hydrogen-bond donors (Lipinski definition) is 1. The summed E-state index contributed by atoms with van der Waals surface area (Å²) >= 11 is 0. The summed E-state index contributed by atoms with van der Waals surface area (Å²) in [6.45, 7) is 8.16. The fraction of sp³-hybridized carbons (Fsp3) is 0.647. The van der Waals surface area contributed by atoms with Crippen molar-refractivity contribution in [1.82, 2.24) is 10.2 Å². The zero-order valence-corrected chi connectivity index (χ0v) is 12.2. The van der Waals surface area contributed by atoms with Gasteiger partial charge >= 0.3 is 0 Å². The first-order chi connectivity index (χ1) is 9.24. The van der Waals surface area contributed by atoms with Crippen molar-refractivity contribution in [2.45, 2.75) is 45.3 Å². The molecule has 1 saturated carbocycles. The lowest BCUT2D eigenvalue weighted by molar-refractivity contribution is 0.0926. The lowest BCUT2D eigenvalue weighted by Crippen LogP contribution is -2.58. The molecule has 2 nitrogen and oxygen atoms in total. The maximum Gasteiger partial charge on any atom is 0.0253 e. The van der Waals surface area contributed by atoms with E-state index in [9.17, 15) is 0 Å². The number of hydrogen-bond acceptors (Lipinski definition) is 2. The summed E-state index contributed by atoms with van der Waals surface area (Å²) in [5.74, 6) is 1.67. The van der Waals surface area contributed by atoms with Gasteiger partial charge in [0.2, 0.25) is 0 Å². The van der Waals surface area contributed by atoms with E-state index in [-0.39, 0.29) is 0 Å². The highest BCUT2D eigenvalue weighted by molar-refractivity contribution is 5.15. The van der Waals surface area contributed by atoms with Gasteiger partial charge in [0.25, 0.3) is 0 Å². The van der Waals surface area contributed by atoms with Crippen molar-refractivity contribution in [2.24, 2.45) is 11.8 Å². The molecule has 3 rings (SSSR count). The lowest BCUT2D eigenvalue weighted by atomic mass is 9.97. The molecular weight excluding hydrogens is 232 g/mol. The van der Waals surface area contributed by atoms with Gasteiger partial charge in [0.1, 0.15) is 0 Å². The molecule has 2 atom stereocenters. The topological polar surface area (TPSA) is 15.3 Å². The van der Waals surface area contributed by atoms with Crippen LogP contribution in [0.5, 0.6) is 0 Å². The van der Waals surface area contributed by atoms with E-state index >= 15 is 0 Å². The normalized spacial score (nSPS) is 28.8. The SMILES string of the molecule is CC(C)C1CN(Cc2ccccc2)C(C2CC2)CN1. The van der Waals surface area contributed by atoms with Gasteiger partial charge in [0.15, 0.2) is 0 Å².